The predicted molar refractivity (Wildman–Crippen MR) is 83.7 cm³/mol. The molecule has 1 N–H and O–H groups in total. The number of benzene rings is 1. The summed E-state index contributed by atoms with van der Waals surface area (Å²) in [5.41, 5.74) is 0.986. The van der Waals surface area contributed by atoms with E-state index in [0.717, 1.165) is 30.3 Å². The van der Waals surface area contributed by atoms with Gasteiger partial charge in [0.25, 0.3) is 0 Å². The summed E-state index contributed by atoms with van der Waals surface area (Å²) in [7, 11) is 0. The van der Waals surface area contributed by atoms with Crippen LogP contribution >= 0.6 is 27.3 Å². The summed E-state index contributed by atoms with van der Waals surface area (Å²) < 4.78 is 26.1. The maximum absolute atomic E-state index is 13.2. The van der Waals surface area contributed by atoms with Crippen LogP contribution in [0.4, 0.5) is 13.9 Å². The van der Waals surface area contributed by atoms with Crippen molar-refractivity contribution in [3.63, 3.8) is 0 Å². The van der Waals surface area contributed by atoms with Crippen LogP contribution in [0.3, 0.4) is 0 Å². The molecule has 3 nitrogen and oxygen atoms in total. The molecule has 7 heteroatoms. The Labute approximate surface area is 133 Å². The molecule has 0 aliphatic carbocycles. The quantitative estimate of drug-likeness (QED) is 0.593. The van der Waals surface area contributed by atoms with E-state index in [2.05, 4.69) is 26.2 Å². The van der Waals surface area contributed by atoms with Gasteiger partial charge >= 0.3 is 0 Å². The number of rotatable bonds is 6. The Bertz CT molecular complexity index is 633. The van der Waals surface area contributed by atoms with E-state index in [1.165, 1.54) is 17.4 Å². The van der Waals surface area contributed by atoms with Gasteiger partial charge in [0, 0.05) is 22.7 Å². The van der Waals surface area contributed by atoms with E-state index in [4.69, 9.17) is 0 Å². The predicted octanol–water partition coefficient (Wildman–Crippen LogP) is 4.59. The topological polar surface area (TPSA) is 42.0 Å². The Balaban J connectivity index is 2.00. The largest absolute Gasteiger partial charge is 0.302 e. The van der Waals surface area contributed by atoms with Gasteiger partial charge in [-0.15, -0.1) is 11.3 Å². The Hall–Kier alpha value is -1.34. The lowest BCUT2D eigenvalue weighted by molar-refractivity contribution is -0.116. The molecule has 1 heterocycles. The zero-order valence-electron chi connectivity index (χ0n) is 11.0. The number of hydrogen-bond acceptors (Lipinski definition) is 3. The van der Waals surface area contributed by atoms with Crippen molar-refractivity contribution in [3.05, 3.63) is 35.2 Å². The molecule has 1 aromatic carbocycles. The summed E-state index contributed by atoms with van der Waals surface area (Å²) in [6.07, 6.45) is 2.18. The summed E-state index contributed by atoms with van der Waals surface area (Å²) in [5, 5.41) is 5.73. The van der Waals surface area contributed by atoms with Crippen molar-refractivity contribution in [2.45, 2.75) is 19.3 Å². The standard InChI is InChI=1S/C14H13BrF2N2OS/c15-6-2-1-3-13(20)19-14-18-12(8-21-14)9-4-5-10(16)11(17)7-9/h4-5,7-8H,1-3,6H2,(H,18,19,20). The molecule has 0 aliphatic rings. The molecular formula is C14H13BrF2N2OS. The third kappa shape index (κ3) is 4.57. The lowest BCUT2D eigenvalue weighted by Crippen LogP contribution is -2.10. The summed E-state index contributed by atoms with van der Waals surface area (Å²) >= 11 is 4.56. The number of thiazole rings is 1. The molecule has 0 unspecified atom stereocenters. The van der Waals surface area contributed by atoms with E-state index < -0.39 is 11.6 Å². The van der Waals surface area contributed by atoms with Crippen molar-refractivity contribution >= 4 is 38.3 Å². The van der Waals surface area contributed by atoms with Crippen LogP contribution in [0.25, 0.3) is 11.3 Å². The van der Waals surface area contributed by atoms with Crippen molar-refractivity contribution in [3.8, 4) is 11.3 Å². The first-order chi connectivity index (χ1) is 10.1. The zero-order chi connectivity index (χ0) is 15.2. The number of nitrogens with one attached hydrogen (secondary N) is 1. The summed E-state index contributed by atoms with van der Waals surface area (Å²) in [6.45, 7) is 0. The Morgan fingerprint density at radius 2 is 2.10 bits per heavy atom. The number of alkyl halides is 1. The highest BCUT2D eigenvalue weighted by atomic mass is 79.9. The number of hydrogen-bond donors (Lipinski definition) is 1. The molecule has 0 bridgehead atoms. The van der Waals surface area contributed by atoms with E-state index in [9.17, 15) is 13.6 Å². The fraction of sp³-hybridized carbons (Fsp3) is 0.286. The number of amides is 1. The van der Waals surface area contributed by atoms with Crippen LogP contribution in [0.1, 0.15) is 19.3 Å². The molecule has 21 heavy (non-hydrogen) atoms. The molecule has 1 aromatic heterocycles. The van der Waals surface area contributed by atoms with Gasteiger partial charge in [0.2, 0.25) is 5.91 Å². The van der Waals surface area contributed by atoms with E-state index >= 15 is 0 Å². The smallest absolute Gasteiger partial charge is 0.226 e. The lowest BCUT2D eigenvalue weighted by atomic mass is 10.2. The molecule has 0 saturated heterocycles. The Morgan fingerprint density at radius 3 is 2.81 bits per heavy atom. The third-order valence-corrected chi connectivity index (χ3v) is 4.07. The van der Waals surface area contributed by atoms with Crippen LogP contribution in [-0.4, -0.2) is 16.2 Å². The van der Waals surface area contributed by atoms with Crippen LogP contribution in [0.2, 0.25) is 0 Å². The fourth-order valence-electron chi connectivity index (χ4n) is 1.68. The molecule has 2 aromatic rings. The molecule has 112 valence electrons. The van der Waals surface area contributed by atoms with Crippen molar-refractivity contribution < 1.29 is 13.6 Å². The van der Waals surface area contributed by atoms with Gasteiger partial charge < -0.3 is 5.32 Å². The monoisotopic (exact) mass is 374 g/mol. The number of aromatic nitrogens is 1. The highest BCUT2D eigenvalue weighted by molar-refractivity contribution is 9.09. The SMILES string of the molecule is O=C(CCCCBr)Nc1nc(-c2ccc(F)c(F)c2)cs1. The van der Waals surface area contributed by atoms with Crippen LogP contribution in [0.15, 0.2) is 23.6 Å². The summed E-state index contributed by atoms with van der Waals surface area (Å²) in [4.78, 5) is 15.9. The average Bonchev–Trinajstić information content (AvgIpc) is 2.90. The van der Waals surface area contributed by atoms with Gasteiger partial charge in [-0.1, -0.05) is 15.9 Å². The minimum atomic E-state index is -0.916. The first kappa shape index (κ1) is 16.0. The summed E-state index contributed by atoms with van der Waals surface area (Å²) in [5.74, 6) is -1.91. The van der Waals surface area contributed by atoms with Gasteiger partial charge in [-0.3, -0.25) is 4.79 Å². The van der Waals surface area contributed by atoms with Crippen molar-refractivity contribution in [1.82, 2.24) is 4.98 Å². The minimum absolute atomic E-state index is 0.0952. The Morgan fingerprint density at radius 1 is 1.29 bits per heavy atom. The maximum Gasteiger partial charge on any atom is 0.226 e. The van der Waals surface area contributed by atoms with Crippen LogP contribution in [0.5, 0.6) is 0 Å². The van der Waals surface area contributed by atoms with Crippen molar-refractivity contribution in [1.29, 1.82) is 0 Å². The van der Waals surface area contributed by atoms with Crippen molar-refractivity contribution in [2.24, 2.45) is 0 Å². The molecule has 0 saturated carbocycles. The minimum Gasteiger partial charge on any atom is -0.302 e. The van der Waals surface area contributed by atoms with Gasteiger partial charge in [-0.2, -0.15) is 0 Å². The van der Waals surface area contributed by atoms with Crippen LogP contribution in [-0.2, 0) is 4.79 Å². The fourth-order valence-corrected chi connectivity index (χ4v) is 2.81. The number of nitrogens with zero attached hydrogens (tertiary/aromatic N) is 1. The first-order valence-electron chi connectivity index (χ1n) is 6.37. The van der Waals surface area contributed by atoms with Gasteiger partial charge in [-0.25, -0.2) is 13.8 Å². The third-order valence-electron chi connectivity index (χ3n) is 2.75. The van der Waals surface area contributed by atoms with E-state index in [1.54, 1.807) is 5.38 Å². The van der Waals surface area contributed by atoms with E-state index in [-0.39, 0.29) is 5.91 Å². The van der Waals surface area contributed by atoms with Gasteiger partial charge in [0.1, 0.15) is 0 Å². The highest BCUT2D eigenvalue weighted by Gasteiger charge is 2.10. The molecule has 1 amide bonds. The average molecular weight is 375 g/mol. The summed E-state index contributed by atoms with van der Waals surface area (Å²) in [6, 6.07) is 3.60. The van der Waals surface area contributed by atoms with E-state index in [0.29, 0.717) is 22.8 Å². The second kappa shape index (κ2) is 7.61. The second-order valence-electron chi connectivity index (χ2n) is 4.36. The molecule has 0 fully saturated rings. The van der Waals surface area contributed by atoms with E-state index in [1.807, 2.05) is 0 Å². The number of halogens is 3. The molecule has 2 rings (SSSR count). The maximum atomic E-state index is 13.2. The number of carbonyl (C=O) groups excluding carboxylic acids is 1. The second-order valence-corrected chi connectivity index (χ2v) is 6.01. The van der Waals surface area contributed by atoms with Crippen LogP contribution in [0, 0.1) is 11.6 Å². The first-order valence-corrected chi connectivity index (χ1v) is 8.37. The van der Waals surface area contributed by atoms with Crippen LogP contribution < -0.4 is 5.32 Å². The van der Waals surface area contributed by atoms with Gasteiger partial charge in [-0.05, 0) is 31.0 Å². The number of anilines is 1. The molecule has 0 aliphatic heterocycles. The lowest BCUT2D eigenvalue weighted by Gasteiger charge is -2.01. The van der Waals surface area contributed by atoms with Gasteiger partial charge in [0.05, 0.1) is 5.69 Å². The molecule has 0 radical (unpaired) electrons. The molecule has 0 spiro atoms. The molecular weight excluding hydrogens is 362 g/mol. The zero-order valence-corrected chi connectivity index (χ0v) is 13.4. The number of carbonyl (C=O) groups is 1. The number of unbranched alkanes of at least 4 members (excludes halogenated alkanes) is 1. The highest BCUT2D eigenvalue weighted by Crippen LogP contribution is 2.26. The normalized spacial score (nSPS) is 10.6. The Kier molecular flexibility index (Phi) is 5.81. The van der Waals surface area contributed by atoms with Crippen molar-refractivity contribution in [2.75, 3.05) is 10.6 Å². The molecule has 0 atom stereocenters. The van der Waals surface area contributed by atoms with Gasteiger partial charge in [0.15, 0.2) is 16.8 Å².